The molecule has 0 spiro atoms. The van der Waals surface area contributed by atoms with Gasteiger partial charge in [0.05, 0.1) is 30.2 Å². The molecule has 132 valence electrons. The second-order valence-corrected chi connectivity index (χ2v) is 6.64. The maximum atomic E-state index is 11.8. The summed E-state index contributed by atoms with van der Waals surface area (Å²) in [5, 5.41) is 7.09. The summed E-state index contributed by atoms with van der Waals surface area (Å²) in [5.41, 5.74) is 2.63. The maximum absolute atomic E-state index is 11.8. The predicted molar refractivity (Wildman–Crippen MR) is 93.9 cm³/mol. The number of aryl methyl sites for hydroxylation is 2. The third-order valence-corrected chi connectivity index (χ3v) is 4.90. The van der Waals surface area contributed by atoms with Crippen molar-refractivity contribution in [3.63, 3.8) is 0 Å². The van der Waals surface area contributed by atoms with Crippen molar-refractivity contribution in [1.29, 1.82) is 0 Å². The fraction of sp³-hybridized carbons (Fsp3) is 0.500. The van der Waals surface area contributed by atoms with Crippen molar-refractivity contribution < 1.29 is 9.53 Å². The van der Waals surface area contributed by atoms with E-state index in [1.165, 1.54) is 0 Å². The lowest BCUT2D eigenvalue weighted by atomic mass is 10.1. The van der Waals surface area contributed by atoms with E-state index in [-0.39, 0.29) is 12.0 Å². The van der Waals surface area contributed by atoms with Crippen LogP contribution in [0.1, 0.15) is 41.4 Å². The van der Waals surface area contributed by atoms with Crippen LogP contribution >= 0.6 is 0 Å². The van der Waals surface area contributed by atoms with Gasteiger partial charge in [0.2, 0.25) is 0 Å². The van der Waals surface area contributed by atoms with E-state index in [0.717, 1.165) is 55.3 Å². The van der Waals surface area contributed by atoms with E-state index < -0.39 is 0 Å². The average molecular weight is 341 g/mol. The number of carbonyl (C=O) groups excluding carboxylic acids is 1. The highest BCUT2D eigenvalue weighted by Gasteiger charge is 2.26. The summed E-state index contributed by atoms with van der Waals surface area (Å²) in [6, 6.07) is 1.96. The smallest absolute Gasteiger partial charge is 0.253 e. The lowest BCUT2D eigenvalue weighted by molar-refractivity contribution is 0.0965. The Balaban J connectivity index is 1.41. The van der Waals surface area contributed by atoms with E-state index >= 15 is 0 Å². The largest absolute Gasteiger partial charge is 0.487 e. The molecule has 7 nitrogen and oxygen atoms in total. The molecule has 25 heavy (non-hydrogen) atoms. The second kappa shape index (κ2) is 6.38. The Morgan fingerprint density at radius 2 is 2.16 bits per heavy atom. The Morgan fingerprint density at radius 3 is 2.88 bits per heavy atom. The molecule has 2 aromatic heterocycles. The summed E-state index contributed by atoms with van der Waals surface area (Å²) in [6.07, 6.45) is 5.84. The number of nitrogens with one attached hydrogen (secondary N) is 1. The van der Waals surface area contributed by atoms with Gasteiger partial charge in [-0.3, -0.25) is 9.48 Å². The molecule has 0 bridgehead atoms. The fourth-order valence-electron chi connectivity index (χ4n) is 3.51. The molecule has 2 aliphatic rings. The molecule has 4 rings (SSSR count). The molecule has 0 radical (unpaired) electrons. The first-order valence-corrected chi connectivity index (χ1v) is 8.87. The highest BCUT2D eigenvalue weighted by molar-refractivity contribution is 5.98. The molecule has 4 heterocycles. The van der Waals surface area contributed by atoms with Crippen LogP contribution in [0, 0.1) is 6.92 Å². The number of fused-ring (bicyclic) bond motifs is 1. The van der Waals surface area contributed by atoms with Gasteiger partial charge < -0.3 is 15.0 Å². The molecule has 1 amide bonds. The molecule has 0 aliphatic carbocycles. The molecular weight excluding hydrogens is 318 g/mol. The van der Waals surface area contributed by atoms with E-state index in [9.17, 15) is 4.79 Å². The van der Waals surface area contributed by atoms with Crippen LogP contribution in [0.3, 0.4) is 0 Å². The minimum atomic E-state index is -0.0168. The monoisotopic (exact) mass is 341 g/mol. The first-order valence-electron chi connectivity index (χ1n) is 8.87. The first-order chi connectivity index (χ1) is 12.1. The van der Waals surface area contributed by atoms with Gasteiger partial charge in [0, 0.05) is 32.5 Å². The lowest BCUT2D eigenvalue weighted by Crippen LogP contribution is -2.39. The summed E-state index contributed by atoms with van der Waals surface area (Å²) >= 11 is 0. The number of amides is 1. The summed E-state index contributed by atoms with van der Waals surface area (Å²) in [4.78, 5) is 18.8. The molecule has 1 saturated heterocycles. The van der Waals surface area contributed by atoms with Gasteiger partial charge in [-0.25, -0.2) is 4.98 Å². The van der Waals surface area contributed by atoms with Gasteiger partial charge in [-0.15, -0.1) is 0 Å². The Kier molecular flexibility index (Phi) is 4.07. The van der Waals surface area contributed by atoms with Gasteiger partial charge in [-0.1, -0.05) is 0 Å². The van der Waals surface area contributed by atoms with E-state index in [1.54, 1.807) is 6.20 Å². The minimum Gasteiger partial charge on any atom is -0.487 e. The third kappa shape index (κ3) is 3.06. The van der Waals surface area contributed by atoms with Crippen LogP contribution in [-0.2, 0) is 13.1 Å². The molecule has 1 fully saturated rings. The number of hydrogen-bond donors (Lipinski definition) is 1. The number of hydrogen-bond acceptors (Lipinski definition) is 5. The number of nitrogens with zero attached hydrogens (tertiary/aromatic N) is 4. The van der Waals surface area contributed by atoms with Gasteiger partial charge in [0.15, 0.2) is 5.75 Å². The van der Waals surface area contributed by atoms with Gasteiger partial charge in [0.25, 0.3) is 5.91 Å². The Bertz CT molecular complexity index is 793. The van der Waals surface area contributed by atoms with Crippen molar-refractivity contribution in [2.75, 3.05) is 18.0 Å². The standard InChI is InChI=1S/C18H23N5O2/c1-3-23-11-14(9-20-23)25-13-4-6-22(7-5-13)17-12(2)8-15-16(21-17)10-19-18(15)24/h8-9,11,13H,3-7,10H2,1-2H3,(H,19,24). The number of anilines is 1. The Hall–Kier alpha value is -2.57. The van der Waals surface area contributed by atoms with Crippen LogP contribution in [0.15, 0.2) is 18.5 Å². The highest BCUT2D eigenvalue weighted by atomic mass is 16.5. The summed E-state index contributed by atoms with van der Waals surface area (Å²) in [6.45, 7) is 7.27. The zero-order valence-electron chi connectivity index (χ0n) is 14.7. The van der Waals surface area contributed by atoms with Crippen LogP contribution in [0.25, 0.3) is 0 Å². The summed E-state index contributed by atoms with van der Waals surface area (Å²) in [7, 11) is 0. The fourth-order valence-corrected chi connectivity index (χ4v) is 3.51. The molecule has 7 heteroatoms. The molecule has 0 saturated carbocycles. The predicted octanol–water partition coefficient (Wildman–Crippen LogP) is 1.90. The second-order valence-electron chi connectivity index (χ2n) is 6.64. The number of aromatic nitrogens is 3. The number of rotatable bonds is 4. The van der Waals surface area contributed by atoms with Gasteiger partial charge in [-0.05, 0) is 25.5 Å². The topological polar surface area (TPSA) is 72.3 Å². The molecule has 0 atom stereocenters. The van der Waals surface area contributed by atoms with Crippen molar-refractivity contribution in [2.45, 2.75) is 45.9 Å². The van der Waals surface area contributed by atoms with Crippen molar-refractivity contribution >= 4 is 11.7 Å². The number of piperidine rings is 1. The van der Waals surface area contributed by atoms with Crippen LogP contribution in [0.5, 0.6) is 5.75 Å². The third-order valence-electron chi connectivity index (χ3n) is 4.90. The van der Waals surface area contributed by atoms with Gasteiger partial charge in [-0.2, -0.15) is 5.10 Å². The number of ether oxygens (including phenoxy) is 1. The highest BCUT2D eigenvalue weighted by Crippen LogP contribution is 2.27. The van der Waals surface area contributed by atoms with Crippen LogP contribution < -0.4 is 15.0 Å². The Labute approximate surface area is 147 Å². The van der Waals surface area contributed by atoms with Gasteiger partial charge >= 0.3 is 0 Å². The van der Waals surface area contributed by atoms with Crippen LogP contribution in [0.4, 0.5) is 5.82 Å². The quantitative estimate of drug-likeness (QED) is 0.919. The summed E-state index contributed by atoms with van der Waals surface area (Å²) < 4.78 is 7.93. The molecule has 2 aliphatic heterocycles. The van der Waals surface area contributed by atoms with Crippen molar-refractivity contribution in [3.8, 4) is 5.75 Å². The van der Waals surface area contributed by atoms with E-state index in [0.29, 0.717) is 12.1 Å². The number of pyridine rings is 1. The lowest BCUT2D eigenvalue weighted by Gasteiger charge is -2.33. The SMILES string of the molecule is CCn1cc(OC2CCN(c3nc4c(cc3C)C(=O)NC4)CC2)cn1. The van der Waals surface area contributed by atoms with Crippen molar-refractivity contribution in [2.24, 2.45) is 0 Å². The van der Waals surface area contributed by atoms with Crippen LogP contribution in [-0.4, -0.2) is 39.9 Å². The minimum absolute atomic E-state index is 0.0168. The van der Waals surface area contributed by atoms with E-state index in [4.69, 9.17) is 9.72 Å². The normalized spacial score (nSPS) is 17.5. The van der Waals surface area contributed by atoms with Crippen LogP contribution in [0.2, 0.25) is 0 Å². The molecule has 2 aromatic rings. The maximum Gasteiger partial charge on any atom is 0.253 e. The zero-order chi connectivity index (χ0) is 17.4. The van der Waals surface area contributed by atoms with Gasteiger partial charge in [0.1, 0.15) is 11.9 Å². The molecule has 1 N–H and O–H groups in total. The molecular formula is C18H23N5O2. The Morgan fingerprint density at radius 1 is 1.36 bits per heavy atom. The van der Waals surface area contributed by atoms with E-state index in [1.807, 2.05) is 23.9 Å². The zero-order valence-corrected chi connectivity index (χ0v) is 14.7. The summed E-state index contributed by atoms with van der Waals surface area (Å²) in [5.74, 6) is 1.82. The molecule has 0 aromatic carbocycles. The molecule has 0 unspecified atom stereocenters. The number of carbonyl (C=O) groups is 1. The first kappa shape index (κ1) is 15.9. The van der Waals surface area contributed by atoms with Crippen molar-refractivity contribution in [1.82, 2.24) is 20.1 Å². The van der Waals surface area contributed by atoms with Crippen molar-refractivity contribution in [3.05, 3.63) is 35.3 Å². The van der Waals surface area contributed by atoms with E-state index in [2.05, 4.69) is 22.2 Å². The average Bonchev–Trinajstić information content (AvgIpc) is 3.22.